The van der Waals surface area contributed by atoms with E-state index in [0.717, 1.165) is 12.3 Å². The third-order valence-corrected chi connectivity index (χ3v) is 3.59. The molecule has 6 heteroatoms. The first kappa shape index (κ1) is 19.4. The van der Waals surface area contributed by atoms with Crippen molar-refractivity contribution in [3.8, 4) is 5.75 Å². The number of non-ortho nitro benzene ring substituents is 1. The zero-order valence-electron chi connectivity index (χ0n) is 14.2. The summed E-state index contributed by atoms with van der Waals surface area (Å²) in [4.78, 5) is 10.2. The van der Waals surface area contributed by atoms with Gasteiger partial charge >= 0.3 is 0 Å². The first-order valence-corrected chi connectivity index (χ1v) is 8.17. The summed E-state index contributed by atoms with van der Waals surface area (Å²) in [6.07, 6.45) is 2.81. The molecule has 0 heterocycles. The molecule has 0 aliphatic carbocycles. The molecular formula is C17H28N2O4. The number of benzene rings is 1. The number of ether oxygens (including phenoxy) is 1. The van der Waals surface area contributed by atoms with Crippen molar-refractivity contribution in [2.45, 2.75) is 52.2 Å². The molecule has 0 radical (unpaired) electrons. The minimum absolute atomic E-state index is 0.0195. The van der Waals surface area contributed by atoms with Crippen molar-refractivity contribution in [2.24, 2.45) is 5.92 Å². The molecule has 23 heavy (non-hydrogen) atoms. The van der Waals surface area contributed by atoms with Crippen molar-refractivity contribution >= 4 is 5.69 Å². The van der Waals surface area contributed by atoms with Crippen LogP contribution in [0.2, 0.25) is 0 Å². The van der Waals surface area contributed by atoms with Crippen LogP contribution in [0.1, 0.15) is 40.0 Å². The molecule has 130 valence electrons. The maximum atomic E-state index is 10.7. The second-order valence-electron chi connectivity index (χ2n) is 6.35. The van der Waals surface area contributed by atoms with Gasteiger partial charge in [-0.25, -0.2) is 0 Å². The molecular weight excluding hydrogens is 296 g/mol. The Kier molecular flexibility index (Phi) is 8.58. The van der Waals surface area contributed by atoms with Crippen LogP contribution in [0.25, 0.3) is 0 Å². The van der Waals surface area contributed by atoms with Crippen LogP contribution in [-0.2, 0) is 0 Å². The summed E-state index contributed by atoms with van der Waals surface area (Å²) in [5, 5.41) is 23.9. The van der Waals surface area contributed by atoms with Crippen molar-refractivity contribution in [2.75, 3.05) is 13.2 Å². The van der Waals surface area contributed by atoms with Crippen LogP contribution < -0.4 is 10.1 Å². The van der Waals surface area contributed by atoms with E-state index in [9.17, 15) is 15.2 Å². The van der Waals surface area contributed by atoms with Crippen LogP contribution in [0.5, 0.6) is 5.75 Å². The second kappa shape index (κ2) is 10.2. The van der Waals surface area contributed by atoms with E-state index in [1.165, 1.54) is 25.0 Å². The molecule has 2 N–H and O–H groups in total. The van der Waals surface area contributed by atoms with Gasteiger partial charge in [0.2, 0.25) is 0 Å². The van der Waals surface area contributed by atoms with Gasteiger partial charge in [0.05, 0.1) is 11.0 Å². The fraction of sp³-hybridized carbons (Fsp3) is 0.647. The van der Waals surface area contributed by atoms with Gasteiger partial charge in [-0.1, -0.05) is 32.8 Å². The van der Waals surface area contributed by atoms with Gasteiger partial charge in [0.25, 0.3) is 5.69 Å². The van der Waals surface area contributed by atoms with Crippen LogP contribution in [0.3, 0.4) is 0 Å². The Morgan fingerprint density at radius 3 is 2.70 bits per heavy atom. The van der Waals surface area contributed by atoms with E-state index >= 15 is 0 Å². The van der Waals surface area contributed by atoms with Crippen molar-refractivity contribution in [3.05, 3.63) is 34.4 Å². The molecule has 0 saturated carbocycles. The summed E-state index contributed by atoms with van der Waals surface area (Å²) >= 11 is 0. The average molecular weight is 324 g/mol. The highest BCUT2D eigenvalue weighted by molar-refractivity contribution is 5.37. The van der Waals surface area contributed by atoms with Crippen LogP contribution >= 0.6 is 0 Å². The highest BCUT2D eigenvalue weighted by Gasteiger charge is 2.10. The lowest BCUT2D eigenvalue weighted by atomic mass is 10.0. The van der Waals surface area contributed by atoms with Crippen LogP contribution in [0.15, 0.2) is 24.3 Å². The maximum absolute atomic E-state index is 10.7. The summed E-state index contributed by atoms with van der Waals surface area (Å²) in [5.74, 6) is 1.11. The van der Waals surface area contributed by atoms with Gasteiger partial charge in [-0.05, 0) is 25.3 Å². The summed E-state index contributed by atoms with van der Waals surface area (Å²) in [6.45, 7) is 7.08. The van der Waals surface area contributed by atoms with Gasteiger partial charge in [-0.2, -0.15) is 0 Å². The summed E-state index contributed by atoms with van der Waals surface area (Å²) in [6, 6.07) is 6.32. The first-order chi connectivity index (χ1) is 10.9. The van der Waals surface area contributed by atoms with E-state index in [1.54, 1.807) is 12.1 Å². The lowest BCUT2D eigenvalue weighted by molar-refractivity contribution is -0.384. The fourth-order valence-corrected chi connectivity index (χ4v) is 2.21. The second-order valence-corrected chi connectivity index (χ2v) is 6.35. The third kappa shape index (κ3) is 8.52. The van der Waals surface area contributed by atoms with E-state index in [1.807, 2.05) is 0 Å². The molecule has 1 aromatic rings. The Morgan fingerprint density at radius 2 is 2.04 bits per heavy atom. The lowest BCUT2D eigenvalue weighted by Gasteiger charge is -2.18. The summed E-state index contributed by atoms with van der Waals surface area (Å²) < 4.78 is 5.41. The summed E-state index contributed by atoms with van der Waals surface area (Å²) in [5.41, 5.74) is -0.0195. The molecule has 0 amide bonds. The number of hydrogen-bond acceptors (Lipinski definition) is 5. The molecule has 0 aliphatic rings. The molecule has 0 saturated heterocycles. The zero-order valence-corrected chi connectivity index (χ0v) is 14.2. The van der Waals surface area contributed by atoms with E-state index in [4.69, 9.17) is 4.74 Å². The van der Waals surface area contributed by atoms with Gasteiger partial charge in [0.1, 0.15) is 18.5 Å². The van der Waals surface area contributed by atoms with Crippen LogP contribution in [0, 0.1) is 16.0 Å². The lowest BCUT2D eigenvalue weighted by Crippen LogP contribution is -2.36. The number of nitro groups is 1. The van der Waals surface area contributed by atoms with E-state index < -0.39 is 11.0 Å². The van der Waals surface area contributed by atoms with E-state index in [2.05, 4.69) is 26.1 Å². The number of aliphatic hydroxyl groups excluding tert-OH is 1. The van der Waals surface area contributed by atoms with Gasteiger partial charge in [0, 0.05) is 18.7 Å². The Labute approximate surface area is 138 Å². The fourth-order valence-electron chi connectivity index (χ4n) is 2.21. The molecule has 0 unspecified atom stereocenters. The topological polar surface area (TPSA) is 84.6 Å². The molecule has 0 fully saturated rings. The minimum Gasteiger partial charge on any atom is -0.491 e. The quantitative estimate of drug-likeness (QED) is 0.482. The van der Waals surface area contributed by atoms with Crippen molar-refractivity contribution in [3.63, 3.8) is 0 Å². The van der Waals surface area contributed by atoms with E-state index in [0.29, 0.717) is 18.3 Å². The smallest absolute Gasteiger partial charge is 0.273 e. The largest absolute Gasteiger partial charge is 0.491 e. The molecule has 1 rings (SSSR count). The SMILES string of the molecule is CC(C)CCC[C@@H](C)NC[C@H](O)COc1cccc([N+](=O)[O-])c1. The Balaban J connectivity index is 2.25. The minimum atomic E-state index is -0.651. The predicted octanol–water partition coefficient (Wildman–Crippen LogP) is 3.14. The highest BCUT2D eigenvalue weighted by atomic mass is 16.6. The average Bonchev–Trinajstić information content (AvgIpc) is 2.50. The van der Waals surface area contributed by atoms with Crippen LogP contribution in [0.4, 0.5) is 5.69 Å². The van der Waals surface area contributed by atoms with Gasteiger partial charge < -0.3 is 15.2 Å². The van der Waals surface area contributed by atoms with Crippen molar-refractivity contribution < 1.29 is 14.8 Å². The first-order valence-electron chi connectivity index (χ1n) is 8.17. The van der Waals surface area contributed by atoms with Gasteiger partial charge in [0.15, 0.2) is 0 Å². The Morgan fingerprint density at radius 1 is 1.30 bits per heavy atom. The number of nitrogens with zero attached hydrogens (tertiary/aromatic N) is 1. The number of nitro benzene ring substituents is 1. The van der Waals surface area contributed by atoms with Crippen LogP contribution in [-0.4, -0.2) is 35.3 Å². The number of hydrogen-bond donors (Lipinski definition) is 2. The normalized spacial score (nSPS) is 13.8. The number of rotatable bonds is 11. The monoisotopic (exact) mass is 324 g/mol. The highest BCUT2D eigenvalue weighted by Crippen LogP contribution is 2.19. The van der Waals surface area contributed by atoms with E-state index in [-0.39, 0.29) is 12.3 Å². The van der Waals surface area contributed by atoms with Gasteiger partial charge in [-0.3, -0.25) is 10.1 Å². The Hall–Kier alpha value is -1.66. The standard InChI is InChI=1S/C17H28N2O4/c1-13(2)6-4-7-14(3)18-11-16(20)12-23-17-9-5-8-15(10-17)19(21)22/h5,8-10,13-14,16,18,20H,4,6-7,11-12H2,1-3H3/t14-,16+/m1/s1. The molecule has 0 aromatic heterocycles. The maximum Gasteiger partial charge on any atom is 0.273 e. The predicted molar refractivity (Wildman–Crippen MR) is 90.8 cm³/mol. The molecule has 0 aliphatic heterocycles. The zero-order chi connectivity index (χ0) is 17.2. The number of nitrogens with one attached hydrogen (secondary N) is 1. The molecule has 6 nitrogen and oxygen atoms in total. The number of aliphatic hydroxyl groups is 1. The van der Waals surface area contributed by atoms with Crippen molar-refractivity contribution in [1.29, 1.82) is 0 Å². The third-order valence-electron chi connectivity index (χ3n) is 3.59. The molecule has 2 atom stereocenters. The Bertz CT molecular complexity index is 479. The van der Waals surface area contributed by atoms with Gasteiger partial charge in [-0.15, -0.1) is 0 Å². The summed E-state index contributed by atoms with van der Waals surface area (Å²) in [7, 11) is 0. The molecule has 1 aromatic carbocycles. The van der Waals surface area contributed by atoms with Crippen molar-refractivity contribution in [1.82, 2.24) is 5.32 Å². The molecule has 0 bridgehead atoms. The molecule has 0 spiro atoms.